The van der Waals surface area contributed by atoms with Gasteiger partial charge in [-0.25, -0.2) is 0 Å². The van der Waals surface area contributed by atoms with Gasteiger partial charge in [-0.15, -0.1) is 0 Å². The van der Waals surface area contributed by atoms with Crippen LogP contribution in [0.25, 0.3) is 0 Å². The molecular formula is C20H37NO16. The Bertz CT molecular complexity index is 691. The van der Waals surface area contributed by atoms with Crippen molar-refractivity contribution < 1.29 is 79.5 Å². The predicted octanol–water partition coefficient (Wildman–Crippen LogP) is -7.59. The van der Waals surface area contributed by atoms with E-state index in [0.717, 1.165) is 0 Å². The second-order valence-corrected chi connectivity index (χ2v) is 8.97. The number of aliphatic hydroxyl groups excluding tert-OH is 10. The normalized spacial score (nSPS) is 49.2. The molecule has 3 heterocycles. The van der Waals surface area contributed by atoms with Gasteiger partial charge in [0.15, 0.2) is 18.9 Å². The topological polar surface area (TPSA) is 284 Å². The van der Waals surface area contributed by atoms with Crippen LogP contribution in [0.1, 0.15) is 0 Å². The van der Waals surface area contributed by atoms with Crippen molar-refractivity contribution in [1.82, 2.24) is 0 Å². The summed E-state index contributed by atoms with van der Waals surface area (Å²) in [6, 6.07) is 0. The maximum Gasteiger partial charge on any atom is 0.187 e. The van der Waals surface area contributed by atoms with Gasteiger partial charge in [-0.05, 0) is 0 Å². The molecule has 0 bridgehead atoms. The molecule has 37 heavy (non-hydrogen) atoms. The Morgan fingerprint density at radius 2 is 0.919 bits per heavy atom. The van der Waals surface area contributed by atoms with Gasteiger partial charge in [0.1, 0.15) is 73.2 Å². The monoisotopic (exact) mass is 547 g/mol. The Labute approximate surface area is 211 Å². The fourth-order valence-electron chi connectivity index (χ4n) is 4.32. The molecule has 0 aliphatic carbocycles. The van der Waals surface area contributed by atoms with Crippen LogP contribution in [0.2, 0.25) is 0 Å². The highest BCUT2D eigenvalue weighted by atomic mass is 16.8. The van der Waals surface area contributed by atoms with Crippen LogP contribution in [0.5, 0.6) is 0 Å². The van der Waals surface area contributed by atoms with Gasteiger partial charge in [0.2, 0.25) is 0 Å². The van der Waals surface area contributed by atoms with E-state index in [2.05, 4.69) is 0 Å². The number of nitrogens with two attached hydrogens (primary N) is 1. The number of ether oxygens (including phenoxy) is 6. The third-order valence-electron chi connectivity index (χ3n) is 6.48. The van der Waals surface area contributed by atoms with Crippen molar-refractivity contribution in [3.63, 3.8) is 0 Å². The van der Waals surface area contributed by atoms with Gasteiger partial charge < -0.3 is 85.2 Å². The van der Waals surface area contributed by atoms with Gasteiger partial charge >= 0.3 is 0 Å². The SMILES string of the molecule is NCCO[C@H]1OC(CO)[C@@H](O)[C@H](O)C1O[C@H]1OC(CO)[C@@H](O)[C@H](O)C1O[C@@H]1OC(CO)[C@@H](O)[C@H](O)C1O. The van der Waals surface area contributed by atoms with Crippen molar-refractivity contribution in [3.05, 3.63) is 0 Å². The summed E-state index contributed by atoms with van der Waals surface area (Å²) in [5.74, 6) is 0. The maximum atomic E-state index is 10.7. The zero-order chi connectivity index (χ0) is 27.4. The highest BCUT2D eigenvalue weighted by Crippen LogP contribution is 2.33. The molecule has 0 radical (unpaired) electrons. The lowest BCUT2D eigenvalue weighted by molar-refractivity contribution is -0.393. The van der Waals surface area contributed by atoms with Crippen LogP contribution in [-0.2, 0) is 28.4 Å². The van der Waals surface area contributed by atoms with Crippen LogP contribution in [0.4, 0.5) is 0 Å². The Balaban J connectivity index is 1.86. The Morgan fingerprint density at radius 3 is 1.41 bits per heavy atom. The minimum atomic E-state index is -1.88. The fourth-order valence-corrected chi connectivity index (χ4v) is 4.32. The summed E-state index contributed by atoms with van der Waals surface area (Å²) < 4.78 is 33.0. The maximum absolute atomic E-state index is 10.7. The van der Waals surface area contributed by atoms with Crippen molar-refractivity contribution >= 4 is 0 Å². The summed E-state index contributed by atoms with van der Waals surface area (Å²) >= 11 is 0. The summed E-state index contributed by atoms with van der Waals surface area (Å²) in [4.78, 5) is 0. The average molecular weight is 548 g/mol. The molecule has 12 N–H and O–H groups in total. The highest BCUT2D eigenvalue weighted by Gasteiger charge is 2.54. The zero-order valence-corrected chi connectivity index (χ0v) is 19.7. The van der Waals surface area contributed by atoms with Crippen LogP contribution < -0.4 is 5.73 Å². The number of rotatable bonds is 10. The van der Waals surface area contributed by atoms with Crippen molar-refractivity contribution in [2.45, 2.75) is 92.1 Å². The van der Waals surface area contributed by atoms with Crippen LogP contribution in [-0.4, -0.2) is 176 Å². The molecule has 15 atom stereocenters. The van der Waals surface area contributed by atoms with Crippen molar-refractivity contribution in [2.24, 2.45) is 5.73 Å². The van der Waals surface area contributed by atoms with Crippen LogP contribution in [0.3, 0.4) is 0 Å². The van der Waals surface area contributed by atoms with Gasteiger partial charge in [0, 0.05) is 6.54 Å². The molecule has 0 saturated carbocycles. The van der Waals surface area contributed by atoms with Crippen LogP contribution in [0.15, 0.2) is 0 Å². The first-order chi connectivity index (χ1) is 17.6. The Morgan fingerprint density at radius 1 is 0.514 bits per heavy atom. The minimum absolute atomic E-state index is 0.0370. The molecule has 3 aliphatic heterocycles. The number of hydrogen-bond acceptors (Lipinski definition) is 17. The molecule has 3 saturated heterocycles. The van der Waals surface area contributed by atoms with Crippen molar-refractivity contribution in [1.29, 1.82) is 0 Å². The predicted molar refractivity (Wildman–Crippen MR) is 114 cm³/mol. The van der Waals surface area contributed by atoms with Crippen LogP contribution >= 0.6 is 0 Å². The Hall–Kier alpha value is -0.680. The zero-order valence-electron chi connectivity index (χ0n) is 19.7. The number of hydrogen-bond donors (Lipinski definition) is 11. The highest BCUT2D eigenvalue weighted by molar-refractivity contribution is 4.96. The van der Waals surface area contributed by atoms with Gasteiger partial charge in [0.25, 0.3) is 0 Å². The molecule has 218 valence electrons. The molecule has 17 nitrogen and oxygen atoms in total. The first-order valence-corrected chi connectivity index (χ1v) is 11.8. The molecule has 6 unspecified atom stereocenters. The summed E-state index contributed by atoms with van der Waals surface area (Å²) in [6.07, 6.45) is -24.6. The molecule has 17 heteroatoms. The van der Waals surface area contributed by atoms with Gasteiger partial charge in [-0.3, -0.25) is 0 Å². The van der Waals surface area contributed by atoms with E-state index in [1.807, 2.05) is 0 Å². The molecule has 0 spiro atoms. The first kappa shape index (κ1) is 30.9. The van der Waals surface area contributed by atoms with Gasteiger partial charge in [-0.1, -0.05) is 0 Å². The van der Waals surface area contributed by atoms with Crippen molar-refractivity contribution in [2.75, 3.05) is 33.0 Å². The molecule has 0 aromatic heterocycles. The first-order valence-electron chi connectivity index (χ1n) is 11.8. The quantitative estimate of drug-likeness (QED) is 0.121. The minimum Gasteiger partial charge on any atom is -0.394 e. The third kappa shape index (κ3) is 6.56. The van der Waals surface area contributed by atoms with E-state index < -0.39 is 112 Å². The van der Waals surface area contributed by atoms with Crippen LogP contribution in [0, 0.1) is 0 Å². The second kappa shape index (κ2) is 13.6. The standard InChI is InChI=1S/C20H37NO16/c21-1-2-32-19-16(13(29)10(26)7(4-23)34-19)37-20-17(14(30)11(27)8(5-24)35-20)36-18-15(31)12(28)9(25)6(3-22)33-18/h6-20,22-31H,1-5,21H2/t6?,7?,8?,9-,10-,11-,12+,13+,14+,15?,16?,17?,18+,19+,20-/m1/s1. The van der Waals surface area contributed by atoms with E-state index in [0.29, 0.717) is 0 Å². The van der Waals surface area contributed by atoms with E-state index in [1.54, 1.807) is 0 Å². The lowest BCUT2D eigenvalue weighted by Crippen LogP contribution is -2.67. The fraction of sp³-hybridized carbons (Fsp3) is 1.00. The summed E-state index contributed by atoms with van der Waals surface area (Å²) in [6.45, 7) is -2.26. The average Bonchev–Trinajstić information content (AvgIpc) is 2.90. The van der Waals surface area contributed by atoms with Gasteiger partial charge in [0.05, 0.1) is 26.4 Å². The van der Waals surface area contributed by atoms with E-state index in [-0.39, 0.29) is 13.2 Å². The molecule has 0 amide bonds. The van der Waals surface area contributed by atoms with E-state index in [4.69, 9.17) is 34.2 Å². The molecule has 3 fully saturated rings. The lowest BCUT2D eigenvalue weighted by Gasteiger charge is -2.48. The molecule has 3 aliphatic rings. The summed E-state index contributed by atoms with van der Waals surface area (Å²) in [7, 11) is 0. The molecule has 0 aromatic rings. The molecule has 0 aromatic carbocycles. The lowest BCUT2D eigenvalue weighted by atomic mass is 9.96. The van der Waals surface area contributed by atoms with E-state index in [9.17, 15) is 51.1 Å². The van der Waals surface area contributed by atoms with Crippen molar-refractivity contribution in [3.8, 4) is 0 Å². The van der Waals surface area contributed by atoms with E-state index >= 15 is 0 Å². The second-order valence-electron chi connectivity index (χ2n) is 8.97. The van der Waals surface area contributed by atoms with E-state index in [1.165, 1.54) is 0 Å². The number of aliphatic hydroxyl groups is 10. The largest absolute Gasteiger partial charge is 0.394 e. The molecular weight excluding hydrogens is 510 g/mol. The summed E-state index contributed by atoms with van der Waals surface area (Å²) in [5, 5.41) is 101. The molecule has 3 rings (SSSR count). The smallest absolute Gasteiger partial charge is 0.187 e. The third-order valence-corrected chi connectivity index (χ3v) is 6.48. The summed E-state index contributed by atoms with van der Waals surface area (Å²) in [5.41, 5.74) is 5.45. The Kier molecular flexibility index (Phi) is 11.3. The van der Waals surface area contributed by atoms with Gasteiger partial charge in [-0.2, -0.15) is 0 Å².